The molecule has 25 heavy (non-hydrogen) atoms. The van der Waals surface area contributed by atoms with E-state index in [9.17, 15) is 5.11 Å². The first-order valence-electron chi connectivity index (χ1n) is 7.93. The van der Waals surface area contributed by atoms with Crippen molar-refractivity contribution in [1.82, 2.24) is 5.43 Å². The number of aromatic hydroxyl groups is 1. The Labute approximate surface area is 152 Å². The molecule has 3 aromatic rings. The molecule has 0 bridgehead atoms. The highest BCUT2D eigenvalue weighted by molar-refractivity contribution is 7.80. The van der Waals surface area contributed by atoms with Gasteiger partial charge in [-0.1, -0.05) is 42.5 Å². The van der Waals surface area contributed by atoms with Gasteiger partial charge in [-0.15, -0.1) is 0 Å². The minimum absolute atomic E-state index is 0.178. The normalized spacial score (nSPS) is 11.0. The van der Waals surface area contributed by atoms with Crippen LogP contribution in [0.2, 0.25) is 0 Å². The maximum absolute atomic E-state index is 10.1. The molecule has 0 saturated heterocycles. The van der Waals surface area contributed by atoms with Crippen molar-refractivity contribution in [3.8, 4) is 5.75 Å². The number of anilines is 1. The number of hydrazone groups is 1. The molecule has 3 N–H and O–H groups in total. The number of phenolic OH excluding ortho intramolecular Hbond substituents is 1. The summed E-state index contributed by atoms with van der Waals surface area (Å²) in [4.78, 5) is 0. The predicted molar refractivity (Wildman–Crippen MR) is 108 cm³/mol. The van der Waals surface area contributed by atoms with Crippen molar-refractivity contribution < 1.29 is 5.11 Å². The van der Waals surface area contributed by atoms with Gasteiger partial charge in [0.2, 0.25) is 0 Å². The molecule has 0 heterocycles. The van der Waals surface area contributed by atoms with E-state index in [-0.39, 0.29) is 5.75 Å². The summed E-state index contributed by atoms with van der Waals surface area (Å²) in [7, 11) is 0. The molecular formula is C20H19N3OS. The Balaban J connectivity index is 1.74. The fourth-order valence-corrected chi connectivity index (χ4v) is 2.77. The fourth-order valence-electron chi connectivity index (χ4n) is 2.61. The van der Waals surface area contributed by atoms with Crippen molar-refractivity contribution in [1.29, 1.82) is 0 Å². The van der Waals surface area contributed by atoms with Crippen LogP contribution < -0.4 is 10.7 Å². The highest BCUT2D eigenvalue weighted by Gasteiger charge is 2.05. The third kappa shape index (κ3) is 3.78. The summed E-state index contributed by atoms with van der Waals surface area (Å²) >= 11 is 5.28. The molecular weight excluding hydrogens is 330 g/mol. The lowest BCUT2D eigenvalue weighted by molar-refractivity contribution is 0.475. The third-order valence-electron chi connectivity index (χ3n) is 4.16. The van der Waals surface area contributed by atoms with Gasteiger partial charge in [0.25, 0.3) is 0 Å². The van der Waals surface area contributed by atoms with E-state index in [2.05, 4.69) is 28.8 Å². The second kappa shape index (κ2) is 7.32. The highest BCUT2D eigenvalue weighted by atomic mass is 32.1. The van der Waals surface area contributed by atoms with Crippen LogP contribution in [0.15, 0.2) is 59.7 Å². The number of nitrogens with zero attached hydrogens (tertiary/aromatic N) is 1. The predicted octanol–water partition coefficient (Wildman–Crippen LogP) is 4.48. The summed E-state index contributed by atoms with van der Waals surface area (Å²) in [6.45, 7) is 4.09. The van der Waals surface area contributed by atoms with Gasteiger partial charge in [-0.25, -0.2) is 0 Å². The first-order valence-corrected chi connectivity index (χ1v) is 8.34. The minimum Gasteiger partial charge on any atom is -0.507 e. The van der Waals surface area contributed by atoms with Gasteiger partial charge in [-0.2, -0.15) is 5.10 Å². The van der Waals surface area contributed by atoms with Gasteiger partial charge >= 0.3 is 0 Å². The molecule has 126 valence electrons. The number of thiocarbonyl (C=S) groups is 1. The average molecular weight is 349 g/mol. The van der Waals surface area contributed by atoms with Crippen molar-refractivity contribution in [3.05, 3.63) is 71.3 Å². The zero-order chi connectivity index (χ0) is 17.8. The van der Waals surface area contributed by atoms with Crippen LogP contribution in [0.4, 0.5) is 5.69 Å². The van der Waals surface area contributed by atoms with Gasteiger partial charge in [0.05, 0.1) is 6.21 Å². The maximum Gasteiger partial charge on any atom is 0.191 e. The number of fused-ring (bicyclic) bond motifs is 1. The van der Waals surface area contributed by atoms with Crippen LogP contribution in [0.25, 0.3) is 10.8 Å². The lowest BCUT2D eigenvalue weighted by Gasteiger charge is -2.11. The van der Waals surface area contributed by atoms with E-state index in [0.29, 0.717) is 10.7 Å². The Morgan fingerprint density at radius 1 is 1.04 bits per heavy atom. The second-order valence-electron chi connectivity index (χ2n) is 5.79. The van der Waals surface area contributed by atoms with Crippen molar-refractivity contribution in [2.75, 3.05) is 5.32 Å². The van der Waals surface area contributed by atoms with Crippen LogP contribution in [0, 0.1) is 13.8 Å². The summed E-state index contributed by atoms with van der Waals surface area (Å²) in [5.41, 5.74) is 6.73. The SMILES string of the molecule is Cc1cccc(NC(=S)NN=Cc2c(O)ccc3ccccc23)c1C. The Morgan fingerprint density at radius 3 is 2.68 bits per heavy atom. The highest BCUT2D eigenvalue weighted by Crippen LogP contribution is 2.25. The number of aryl methyl sites for hydroxylation is 1. The molecule has 5 heteroatoms. The fraction of sp³-hybridized carbons (Fsp3) is 0.100. The topological polar surface area (TPSA) is 56.7 Å². The van der Waals surface area contributed by atoms with Gasteiger partial charge in [-0.05, 0) is 60.1 Å². The van der Waals surface area contributed by atoms with E-state index in [1.807, 2.05) is 49.4 Å². The quantitative estimate of drug-likeness (QED) is 0.371. The van der Waals surface area contributed by atoms with Crippen LogP contribution in [-0.2, 0) is 0 Å². The molecule has 3 aromatic carbocycles. The number of hydrogen-bond donors (Lipinski definition) is 3. The Hall–Kier alpha value is -2.92. The molecule has 0 amide bonds. The minimum atomic E-state index is 0.178. The van der Waals surface area contributed by atoms with Crippen molar-refractivity contribution in [2.24, 2.45) is 5.10 Å². The summed E-state index contributed by atoms with van der Waals surface area (Å²) < 4.78 is 0. The molecule has 4 nitrogen and oxygen atoms in total. The molecule has 0 aliphatic heterocycles. The standard InChI is InChI=1S/C20H19N3OS/c1-13-6-5-9-18(14(13)2)22-20(25)23-21-12-17-16-8-4-3-7-15(16)10-11-19(17)24/h3-12,24H,1-2H3,(H2,22,23,25). The van der Waals surface area contributed by atoms with Crippen LogP contribution in [0.3, 0.4) is 0 Å². The van der Waals surface area contributed by atoms with Gasteiger partial charge in [0, 0.05) is 11.3 Å². The van der Waals surface area contributed by atoms with Crippen molar-refractivity contribution >= 4 is 40.0 Å². The zero-order valence-corrected chi connectivity index (χ0v) is 14.9. The molecule has 0 atom stereocenters. The Morgan fingerprint density at radius 2 is 1.84 bits per heavy atom. The Bertz CT molecular complexity index is 966. The van der Waals surface area contributed by atoms with E-state index in [1.165, 1.54) is 5.56 Å². The summed E-state index contributed by atoms with van der Waals surface area (Å²) in [5.74, 6) is 0.178. The molecule has 0 unspecified atom stereocenters. The van der Waals surface area contributed by atoms with E-state index < -0.39 is 0 Å². The first-order chi connectivity index (χ1) is 12.1. The average Bonchev–Trinajstić information content (AvgIpc) is 2.61. The van der Waals surface area contributed by atoms with Crippen LogP contribution in [-0.4, -0.2) is 16.4 Å². The molecule has 0 aliphatic carbocycles. The second-order valence-corrected chi connectivity index (χ2v) is 6.20. The van der Waals surface area contributed by atoms with Gasteiger partial charge in [0.1, 0.15) is 5.75 Å². The molecule has 0 aromatic heterocycles. The van der Waals surface area contributed by atoms with Crippen molar-refractivity contribution in [2.45, 2.75) is 13.8 Å². The number of benzene rings is 3. The Kier molecular flexibility index (Phi) is 4.95. The van der Waals surface area contributed by atoms with Gasteiger partial charge < -0.3 is 10.4 Å². The van der Waals surface area contributed by atoms with Crippen molar-refractivity contribution in [3.63, 3.8) is 0 Å². The molecule has 3 rings (SSSR count). The summed E-state index contributed by atoms with van der Waals surface area (Å²) in [5, 5.41) is 19.8. The monoisotopic (exact) mass is 349 g/mol. The lowest BCUT2D eigenvalue weighted by Crippen LogP contribution is -2.24. The first kappa shape index (κ1) is 16.9. The number of nitrogens with one attached hydrogen (secondary N) is 2. The molecule has 0 aliphatic rings. The lowest BCUT2D eigenvalue weighted by atomic mass is 10.0. The van der Waals surface area contributed by atoms with Crippen LogP contribution in [0.5, 0.6) is 5.75 Å². The molecule has 0 fully saturated rings. The molecule has 0 radical (unpaired) electrons. The largest absolute Gasteiger partial charge is 0.507 e. The number of rotatable bonds is 3. The zero-order valence-electron chi connectivity index (χ0n) is 14.1. The maximum atomic E-state index is 10.1. The third-order valence-corrected chi connectivity index (χ3v) is 4.35. The van der Waals surface area contributed by atoms with E-state index >= 15 is 0 Å². The van der Waals surface area contributed by atoms with Crippen LogP contribution >= 0.6 is 12.2 Å². The van der Waals surface area contributed by atoms with Gasteiger partial charge in [0.15, 0.2) is 5.11 Å². The van der Waals surface area contributed by atoms with E-state index in [0.717, 1.165) is 22.0 Å². The molecule has 0 saturated carbocycles. The van der Waals surface area contributed by atoms with E-state index in [1.54, 1.807) is 12.3 Å². The van der Waals surface area contributed by atoms with E-state index in [4.69, 9.17) is 12.2 Å². The van der Waals surface area contributed by atoms with Crippen LogP contribution in [0.1, 0.15) is 16.7 Å². The number of phenols is 1. The number of hydrogen-bond acceptors (Lipinski definition) is 3. The summed E-state index contributed by atoms with van der Waals surface area (Å²) in [6, 6.07) is 17.4. The smallest absolute Gasteiger partial charge is 0.191 e. The summed E-state index contributed by atoms with van der Waals surface area (Å²) in [6.07, 6.45) is 1.58. The molecule has 0 spiro atoms. The van der Waals surface area contributed by atoms with Gasteiger partial charge in [-0.3, -0.25) is 5.43 Å².